The molecular formula is C21H29IN4O. The van der Waals surface area contributed by atoms with E-state index in [0.29, 0.717) is 6.54 Å². The van der Waals surface area contributed by atoms with Gasteiger partial charge < -0.3 is 20.2 Å². The van der Waals surface area contributed by atoms with Crippen LogP contribution >= 0.6 is 24.0 Å². The number of nitrogens with one attached hydrogen (secondary N) is 1. The summed E-state index contributed by atoms with van der Waals surface area (Å²) in [6, 6.07) is 18.5. The second-order valence-corrected chi connectivity index (χ2v) is 6.41. The molecule has 0 radical (unpaired) electrons. The summed E-state index contributed by atoms with van der Waals surface area (Å²) in [7, 11) is 0. The van der Waals surface area contributed by atoms with Gasteiger partial charge in [0.05, 0.1) is 13.2 Å². The standard InChI is InChI=1S/C21H28N4O.HI/c1-2-22-21(23-16-18-8-6-7-9-19(18)17-26)25-14-12-24(13-15-25)20-10-4-3-5-11-20;/h3-11,26H,2,12-17H2,1H3,(H,22,23);1H. The van der Waals surface area contributed by atoms with Crippen LogP contribution in [0, 0.1) is 0 Å². The summed E-state index contributed by atoms with van der Waals surface area (Å²) in [6.07, 6.45) is 0. The third kappa shape index (κ3) is 5.84. The van der Waals surface area contributed by atoms with Crippen molar-refractivity contribution in [2.75, 3.05) is 37.6 Å². The molecule has 6 heteroatoms. The maximum absolute atomic E-state index is 9.49. The molecule has 0 spiro atoms. The lowest BCUT2D eigenvalue weighted by molar-refractivity contribution is 0.280. The van der Waals surface area contributed by atoms with Crippen LogP contribution in [-0.4, -0.2) is 48.7 Å². The summed E-state index contributed by atoms with van der Waals surface area (Å²) in [6.45, 7) is 7.45. The third-order valence-corrected chi connectivity index (χ3v) is 4.72. The number of benzene rings is 2. The number of halogens is 1. The molecule has 3 rings (SSSR count). The van der Waals surface area contributed by atoms with E-state index in [0.717, 1.165) is 49.8 Å². The molecule has 2 aromatic rings. The van der Waals surface area contributed by atoms with Crippen molar-refractivity contribution in [2.45, 2.75) is 20.1 Å². The summed E-state index contributed by atoms with van der Waals surface area (Å²) in [5.41, 5.74) is 3.31. The first-order valence-corrected chi connectivity index (χ1v) is 9.32. The zero-order valence-corrected chi connectivity index (χ0v) is 18.2. The Morgan fingerprint density at radius 3 is 2.22 bits per heavy atom. The fraction of sp³-hybridized carbons (Fsp3) is 0.381. The Morgan fingerprint density at radius 1 is 0.963 bits per heavy atom. The third-order valence-electron chi connectivity index (χ3n) is 4.72. The number of anilines is 1. The van der Waals surface area contributed by atoms with Gasteiger partial charge in [0.25, 0.3) is 0 Å². The molecule has 0 bridgehead atoms. The van der Waals surface area contributed by atoms with Gasteiger partial charge in [0, 0.05) is 38.4 Å². The quantitative estimate of drug-likeness (QED) is 0.393. The van der Waals surface area contributed by atoms with Crippen molar-refractivity contribution < 1.29 is 5.11 Å². The molecule has 146 valence electrons. The Morgan fingerprint density at radius 2 is 1.59 bits per heavy atom. The van der Waals surface area contributed by atoms with Gasteiger partial charge in [0.15, 0.2) is 5.96 Å². The molecule has 0 atom stereocenters. The summed E-state index contributed by atoms with van der Waals surface area (Å²) in [5.74, 6) is 0.952. The van der Waals surface area contributed by atoms with Crippen LogP contribution in [0.5, 0.6) is 0 Å². The van der Waals surface area contributed by atoms with Crippen molar-refractivity contribution >= 4 is 35.6 Å². The van der Waals surface area contributed by atoms with Crippen molar-refractivity contribution in [3.8, 4) is 0 Å². The van der Waals surface area contributed by atoms with Gasteiger partial charge >= 0.3 is 0 Å². The molecule has 0 amide bonds. The molecule has 0 unspecified atom stereocenters. The predicted octanol–water partition coefficient (Wildman–Crippen LogP) is 3.08. The molecule has 1 saturated heterocycles. The van der Waals surface area contributed by atoms with E-state index >= 15 is 0 Å². The molecule has 1 fully saturated rings. The van der Waals surface area contributed by atoms with Crippen LogP contribution in [0.15, 0.2) is 59.6 Å². The van der Waals surface area contributed by atoms with Gasteiger partial charge in [-0.2, -0.15) is 0 Å². The Balaban J connectivity index is 0.00000261. The van der Waals surface area contributed by atoms with Gasteiger partial charge in [-0.15, -0.1) is 24.0 Å². The first-order valence-electron chi connectivity index (χ1n) is 9.32. The van der Waals surface area contributed by atoms with E-state index in [9.17, 15) is 5.11 Å². The number of aliphatic hydroxyl groups excluding tert-OH is 1. The van der Waals surface area contributed by atoms with Crippen LogP contribution in [0.3, 0.4) is 0 Å². The Bertz CT molecular complexity index is 715. The van der Waals surface area contributed by atoms with E-state index < -0.39 is 0 Å². The average molecular weight is 480 g/mol. The summed E-state index contributed by atoms with van der Waals surface area (Å²) in [4.78, 5) is 9.56. The molecular weight excluding hydrogens is 451 g/mol. The van der Waals surface area contributed by atoms with Crippen LogP contribution in [0.4, 0.5) is 5.69 Å². The molecule has 5 nitrogen and oxygen atoms in total. The molecule has 2 N–H and O–H groups in total. The molecule has 1 aliphatic heterocycles. The molecule has 2 aromatic carbocycles. The van der Waals surface area contributed by atoms with Crippen LogP contribution in [0.25, 0.3) is 0 Å². The summed E-state index contributed by atoms with van der Waals surface area (Å²) < 4.78 is 0. The first kappa shape index (κ1) is 21.5. The van der Waals surface area contributed by atoms with Crippen molar-refractivity contribution in [1.82, 2.24) is 10.2 Å². The molecule has 1 aliphatic rings. The lowest BCUT2D eigenvalue weighted by Gasteiger charge is -2.37. The number of hydrogen-bond donors (Lipinski definition) is 2. The lowest BCUT2D eigenvalue weighted by Crippen LogP contribution is -2.52. The number of rotatable bonds is 5. The molecule has 0 aromatic heterocycles. The largest absolute Gasteiger partial charge is 0.392 e. The number of hydrogen-bond acceptors (Lipinski definition) is 3. The van der Waals surface area contributed by atoms with E-state index in [1.54, 1.807) is 0 Å². The number of aliphatic hydroxyl groups is 1. The van der Waals surface area contributed by atoms with Crippen molar-refractivity contribution in [3.05, 3.63) is 65.7 Å². The monoisotopic (exact) mass is 480 g/mol. The number of piperazine rings is 1. The fourth-order valence-corrected chi connectivity index (χ4v) is 3.27. The SMILES string of the molecule is CCNC(=NCc1ccccc1CO)N1CCN(c2ccccc2)CC1.I. The highest BCUT2D eigenvalue weighted by Gasteiger charge is 2.19. The maximum Gasteiger partial charge on any atom is 0.194 e. The Kier molecular flexibility index (Phi) is 8.87. The molecule has 0 aliphatic carbocycles. The van der Waals surface area contributed by atoms with Crippen LogP contribution in [0.1, 0.15) is 18.1 Å². The van der Waals surface area contributed by atoms with Crippen LogP contribution < -0.4 is 10.2 Å². The van der Waals surface area contributed by atoms with Gasteiger partial charge in [-0.05, 0) is 30.2 Å². The zero-order chi connectivity index (χ0) is 18.2. The zero-order valence-electron chi connectivity index (χ0n) is 15.8. The molecule has 1 heterocycles. The predicted molar refractivity (Wildman–Crippen MR) is 123 cm³/mol. The van der Waals surface area contributed by atoms with Crippen LogP contribution in [-0.2, 0) is 13.2 Å². The fourth-order valence-electron chi connectivity index (χ4n) is 3.27. The minimum Gasteiger partial charge on any atom is -0.392 e. The number of nitrogens with zero attached hydrogens (tertiary/aromatic N) is 3. The lowest BCUT2D eigenvalue weighted by atomic mass is 10.1. The maximum atomic E-state index is 9.49. The van der Waals surface area contributed by atoms with E-state index in [2.05, 4.69) is 52.4 Å². The van der Waals surface area contributed by atoms with Gasteiger partial charge in [-0.25, -0.2) is 4.99 Å². The van der Waals surface area contributed by atoms with Crippen molar-refractivity contribution in [2.24, 2.45) is 4.99 Å². The topological polar surface area (TPSA) is 51.1 Å². The summed E-state index contributed by atoms with van der Waals surface area (Å²) >= 11 is 0. The highest BCUT2D eigenvalue weighted by Crippen LogP contribution is 2.16. The minimum atomic E-state index is 0. The number of guanidine groups is 1. The Hall–Kier alpha value is -1.80. The van der Waals surface area contributed by atoms with E-state index in [-0.39, 0.29) is 30.6 Å². The van der Waals surface area contributed by atoms with Gasteiger partial charge in [0.2, 0.25) is 0 Å². The van der Waals surface area contributed by atoms with Gasteiger partial charge in [0.1, 0.15) is 0 Å². The molecule has 0 saturated carbocycles. The minimum absolute atomic E-state index is 0. The van der Waals surface area contributed by atoms with E-state index in [1.807, 2.05) is 24.3 Å². The van der Waals surface area contributed by atoms with Gasteiger partial charge in [-0.1, -0.05) is 42.5 Å². The average Bonchev–Trinajstić information content (AvgIpc) is 2.72. The van der Waals surface area contributed by atoms with Crippen molar-refractivity contribution in [3.63, 3.8) is 0 Å². The Labute approximate surface area is 179 Å². The normalized spacial score (nSPS) is 14.7. The van der Waals surface area contributed by atoms with E-state index in [4.69, 9.17) is 4.99 Å². The second-order valence-electron chi connectivity index (χ2n) is 6.41. The summed E-state index contributed by atoms with van der Waals surface area (Å²) in [5, 5.41) is 12.9. The highest BCUT2D eigenvalue weighted by atomic mass is 127. The molecule has 27 heavy (non-hydrogen) atoms. The smallest absolute Gasteiger partial charge is 0.194 e. The number of aliphatic imine (C=N–C) groups is 1. The highest BCUT2D eigenvalue weighted by molar-refractivity contribution is 14.0. The number of para-hydroxylation sites is 1. The first-order chi connectivity index (χ1) is 12.8. The van der Waals surface area contributed by atoms with Crippen molar-refractivity contribution in [1.29, 1.82) is 0 Å². The van der Waals surface area contributed by atoms with E-state index in [1.165, 1.54) is 5.69 Å². The van der Waals surface area contributed by atoms with Crippen LogP contribution in [0.2, 0.25) is 0 Å². The second kappa shape index (κ2) is 11.1. The van der Waals surface area contributed by atoms with Gasteiger partial charge in [-0.3, -0.25) is 0 Å².